The summed E-state index contributed by atoms with van der Waals surface area (Å²) >= 11 is 0. The molecule has 0 unspecified atom stereocenters. The van der Waals surface area contributed by atoms with Crippen LogP contribution >= 0.6 is 0 Å². The first-order valence-corrected chi connectivity index (χ1v) is 11.5. The Morgan fingerprint density at radius 3 is 2.66 bits per heavy atom. The van der Waals surface area contributed by atoms with Crippen molar-refractivity contribution < 1.29 is 23.1 Å². The molecule has 0 bridgehead atoms. The molecule has 2 aliphatic heterocycles. The highest BCUT2D eigenvalue weighted by Crippen LogP contribution is 2.44. The minimum Gasteiger partial charge on any atom is -0.396 e. The second kappa shape index (κ2) is 8.93. The zero-order valence-corrected chi connectivity index (χ0v) is 18.2. The van der Waals surface area contributed by atoms with Gasteiger partial charge in [-0.05, 0) is 37.0 Å². The Kier molecular flexibility index (Phi) is 6.39. The van der Waals surface area contributed by atoms with Crippen LogP contribution in [-0.2, 0) is 11.0 Å². The lowest BCUT2D eigenvalue weighted by Crippen LogP contribution is -2.49. The normalized spacial score (nSPS) is 26.3. The van der Waals surface area contributed by atoms with Crippen molar-refractivity contribution in [2.75, 3.05) is 37.7 Å². The van der Waals surface area contributed by atoms with Gasteiger partial charge in [0.2, 0.25) is 5.91 Å². The third kappa shape index (κ3) is 4.45. The Labute approximate surface area is 186 Å². The number of hydrogen-bond donors (Lipinski definition) is 1. The van der Waals surface area contributed by atoms with Gasteiger partial charge in [0.15, 0.2) is 0 Å². The fourth-order valence-electron chi connectivity index (χ4n) is 5.81. The first-order chi connectivity index (χ1) is 15.3. The third-order valence-corrected chi connectivity index (χ3v) is 7.84. The highest BCUT2D eigenvalue weighted by molar-refractivity contribution is 5.76. The van der Waals surface area contributed by atoms with Crippen molar-refractivity contribution in [2.45, 2.75) is 51.1 Å². The molecule has 1 amide bonds. The fraction of sp³-hybridized carbons (Fsp3) is 0.667. The maximum atomic E-state index is 13.4. The molecule has 2 saturated heterocycles. The van der Waals surface area contributed by atoms with Crippen LogP contribution in [0.3, 0.4) is 0 Å². The lowest BCUT2D eigenvalue weighted by Gasteiger charge is -2.43. The molecule has 2 heterocycles. The number of benzene rings is 1. The Morgan fingerprint density at radius 2 is 2.00 bits per heavy atom. The minimum atomic E-state index is -4.60. The lowest BCUT2D eigenvalue weighted by atomic mass is 9.73. The average Bonchev–Trinajstić information content (AvgIpc) is 3.44. The summed E-state index contributed by atoms with van der Waals surface area (Å²) in [4.78, 5) is 16.6. The molecule has 1 aliphatic carbocycles. The quantitative estimate of drug-likeness (QED) is 0.732. The monoisotopic (exact) mass is 449 g/mol. The topological polar surface area (TPSA) is 67.6 Å². The van der Waals surface area contributed by atoms with E-state index >= 15 is 0 Å². The van der Waals surface area contributed by atoms with Crippen LogP contribution in [0.25, 0.3) is 0 Å². The highest BCUT2D eigenvalue weighted by atomic mass is 19.4. The molecule has 1 aromatic rings. The van der Waals surface area contributed by atoms with Crippen LogP contribution in [0.2, 0.25) is 0 Å². The van der Waals surface area contributed by atoms with Gasteiger partial charge in [0.25, 0.3) is 0 Å². The van der Waals surface area contributed by atoms with E-state index in [2.05, 4.69) is 0 Å². The van der Waals surface area contributed by atoms with Crippen molar-refractivity contribution in [1.29, 1.82) is 5.26 Å². The van der Waals surface area contributed by atoms with E-state index < -0.39 is 11.7 Å². The van der Waals surface area contributed by atoms with Gasteiger partial charge in [-0.3, -0.25) is 4.79 Å². The molecule has 1 N–H and O–H groups in total. The van der Waals surface area contributed by atoms with Crippen molar-refractivity contribution >= 4 is 11.6 Å². The smallest absolute Gasteiger partial charge is 0.396 e. The standard InChI is InChI=1S/C24H30F3N3O2/c25-24(26,27)21-11-20(7-6-18(21)12-28)29-10-9-23(16-31)15-30(14-19(23)13-29)22(32)8-5-17-3-1-2-4-17/h6-7,11,17,19,31H,1-5,8-10,13-16H2/t19-,23+/m1/s1. The van der Waals surface area contributed by atoms with E-state index in [0.717, 1.165) is 12.5 Å². The second-order valence-electron chi connectivity index (χ2n) is 9.72. The molecular weight excluding hydrogens is 419 g/mol. The summed E-state index contributed by atoms with van der Waals surface area (Å²) < 4.78 is 40.2. The molecule has 1 aromatic carbocycles. The SMILES string of the molecule is N#Cc1ccc(N2CC[C@@]3(CO)CN(C(=O)CCC4CCCC4)C[C@H]3C2)cc1C(F)(F)F. The molecule has 3 aliphatic rings. The number of amides is 1. The minimum absolute atomic E-state index is 0.00154. The zero-order chi connectivity index (χ0) is 22.9. The van der Waals surface area contributed by atoms with Gasteiger partial charge in [0, 0.05) is 49.6 Å². The molecule has 0 radical (unpaired) electrons. The van der Waals surface area contributed by atoms with Gasteiger partial charge < -0.3 is 14.9 Å². The third-order valence-electron chi connectivity index (χ3n) is 7.84. The van der Waals surface area contributed by atoms with Gasteiger partial charge in [-0.2, -0.15) is 18.4 Å². The summed E-state index contributed by atoms with van der Waals surface area (Å²) in [6.07, 6.45) is 2.38. The van der Waals surface area contributed by atoms with Gasteiger partial charge in [0.1, 0.15) is 0 Å². The largest absolute Gasteiger partial charge is 0.417 e. The van der Waals surface area contributed by atoms with Crippen molar-refractivity contribution in [1.82, 2.24) is 4.90 Å². The highest BCUT2D eigenvalue weighted by Gasteiger charge is 2.50. The Morgan fingerprint density at radius 1 is 1.25 bits per heavy atom. The number of rotatable bonds is 5. The number of likely N-dealkylation sites (tertiary alicyclic amines) is 1. The van der Waals surface area contributed by atoms with Crippen LogP contribution in [0, 0.1) is 28.6 Å². The summed E-state index contributed by atoms with van der Waals surface area (Å²) in [5, 5.41) is 19.2. The van der Waals surface area contributed by atoms with Crippen molar-refractivity contribution in [3.05, 3.63) is 29.3 Å². The van der Waals surface area contributed by atoms with Gasteiger partial charge in [-0.1, -0.05) is 25.7 Å². The first kappa shape index (κ1) is 22.9. The molecule has 32 heavy (non-hydrogen) atoms. The summed E-state index contributed by atoms with van der Waals surface area (Å²) in [5.41, 5.74) is -1.28. The number of carbonyl (C=O) groups is 1. The number of halogens is 3. The van der Waals surface area contributed by atoms with Gasteiger partial charge in [0.05, 0.1) is 23.8 Å². The number of carbonyl (C=O) groups excluding carboxylic acids is 1. The number of alkyl halides is 3. The van der Waals surface area contributed by atoms with Crippen molar-refractivity contribution in [3.63, 3.8) is 0 Å². The van der Waals surface area contributed by atoms with Crippen LogP contribution in [0.4, 0.5) is 18.9 Å². The molecule has 0 spiro atoms. The van der Waals surface area contributed by atoms with Crippen LogP contribution in [0.1, 0.15) is 56.1 Å². The maximum Gasteiger partial charge on any atom is 0.417 e. The number of hydrogen-bond acceptors (Lipinski definition) is 4. The Hall–Kier alpha value is -2.27. The predicted molar refractivity (Wildman–Crippen MR) is 114 cm³/mol. The summed E-state index contributed by atoms with van der Waals surface area (Å²) in [6, 6.07) is 5.44. The number of aliphatic hydroxyl groups excluding tert-OH is 1. The fourth-order valence-corrected chi connectivity index (χ4v) is 5.81. The maximum absolute atomic E-state index is 13.4. The van der Waals surface area contributed by atoms with E-state index in [1.54, 1.807) is 12.1 Å². The molecule has 174 valence electrons. The molecule has 8 heteroatoms. The predicted octanol–water partition coefficient (Wildman–Crippen LogP) is 4.19. The van der Waals surface area contributed by atoms with E-state index in [-0.39, 0.29) is 29.4 Å². The van der Waals surface area contributed by atoms with Crippen LogP contribution < -0.4 is 4.90 Å². The molecule has 2 atom stereocenters. The summed E-state index contributed by atoms with van der Waals surface area (Å²) in [6.45, 7) is 2.01. The average molecular weight is 450 g/mol. The van der Waals surface area contributed by atoms with E-state index in [1.807, 2.05) is 9.80 Å². The van der Waals surface area contributed by atoms with E-state index in [1.165, 1.54) is 31.7 Å². The lowest BCUT2D eigenvalue weighted by molar-refractivity contribution is -0.137. The van der Waals surface area contributed by atoms with Crippen LogP contribution in [0.15, 0.2) is 18.2 Å². The van der Waals surface area contributed by atoms with Gasteiger partial charge >= 0.3 is 6.18 Å². The van der Waals surface area contributed by atoms with E-state index in [9.17, 15) is 23.1 Å². The zero-order valence-electron chi connectivity index (χ0n) is 18.2. The van der Waals surface area contributed by atoms with Crippen LogP contribution in [-0.4, -0.2) is 48.7 Å². The van der Waals surface area contributed by atoms with E-state index in [4.69, 9.17) is 5.26 Å². The molecule has 5 nitrogen and oxygen atoms in total. The number of aliphatic hydroxyl groups is 1. The van der Waals surface area contributed by atoms with Crippen LogP contribution in [0.5, 0.6) is 0 Å². The summed E-state index contributed by atoms with van der Waals surface area (Å²) in [5.74, 6) is 0.774. The molecule has 3 fully saturated rings. The molecule has 4 rings (SSSR count). The second-order valence-corrected chi connectivity index (χ2v) is 9.72. The number of piperidine rings is 1. The van der Waals surface area contributed by atoms with Gasteiger partial charge in [-0.15, -0.1) is 0 Å². The Balaban J connectivity index is 1.45. The number of nitriles is 1. The molecular formula is C24H30F3N3O2. The van der Waals surface area contributed by atoms with E-state index in [0.29, 0.717) is 50.6 Å². The summed E-state index contributed by atoms with van der Waals surface area (Å²) in [7, 11) is 0. The number of fused-ring (bicyclic) bond motifs is 1. The number of anilines is 1. The van der Waals surface area contributed by atoms with Gasteiger partial charge in [-0.25, -0.2) is 0 Å². The number of nitrogens with zero attached hydrogens (tertiary/aromatic N) is 3. The van der Waals surface area contributed by atoms with Crippen molar-refractivity contribution in [3.8, 4) is 6.07 Å². The first-order valence-electron chi connectivity index (χ1n) is 11.5. The Bertz CT molecular complexity index is 891. The molecule has 1 saturated carbocycles. The van der Waals surface area contributed by atoms with Crippen molar-refractivity contribution in [2.24, 2.45) is 17.3 Å². The molecule has 0 aromatic heterocycles.